The monoisotopic (exact) mass is 267 g/mol. The summed E-state index contributed by atoms with van der Waals surface area (Å²) in [5.41, 5.74) is 5.64. The molecule has 17 heavy (non-hydrogen) atoms. The zero-order valence-corrected chi connectivity index (χ0v) is 10.9. The van der Waals surface area contributed by atoms with Gasteiger partial charge in [-0.2, -0.15) is 4.37 Å². The number of nitrogens with two attached hydrogens (primary N) is 1. The van der Waals surface area contributed by atoms with Gasteiger partial charge in [-0.15, -0.1) is 11.3 Å². The van der Waals surface area contributed by atoms with Crippen LogP contribution in [0.1, 0.15) is 0 Å². The molecule has 0 atom stereocenters. The molecule has 2 aromatic heterocycles. The van der Waals surface area contributed by atoms with Crippen molar-refractivity contribution < 1.29 is 0 Å². The summed E-state index contributed by atoms with van der Waals surface area (Å²) in [5.74, 6) is 0.618. The van der Waals surface area contributed by atoms with Gasteiger partial charge in [0.15, 0.2) is 5.13 Å². The average molecular weight is 267 g/mol. The lowest BCUT2D eigenvalue weighted by Crippen LogP contribution is -2.46. The van der Waals surface area contributed by atoms with E-state index in [2.05, 4.69) is 19.2 Å². The highest BCUT2D eigenvalue weighted by molar-refractivity contribution is 7.13. The minimum Gasteiger partial charge on any atom is -0.383 e. The van der Waals surface area contributed by atoms with E-state index in [1.807, 2.05) is 17.6 Å². The van der Waals surface area contributed by atoms with E-state index in [1.165, 1.54) is 16.5 Å². The van der Waals surface area contributed by atoms with Crippen LogP contribution in [0.25, 0.3) is 0 Å². The summed E-state index contributed by atoms with van der Waals surface area (Å²) >= 11 is 3.17. The molecule has 1 saturated heterocycles. The van der Waals surface area contributed by atoms with Crippen molar-refractivity contribution in [1.82, 2.24) is 9.36 Å². The molecule has 7 heteroatoms. The van der Waals surface area contributed by atoms with Gasteiger partial charge in [-0.3, -0.25) is 0 Å². The number of nitrogen functional groups attached to an aromatic ring is 1. The molecule has 0 spiro atoms. The second-order valence-electron chi connectivity index (χ2n) is 3.88. The van der Waals surface area contributed by atoms with Crippen LogP contribution in [0, 0.1) is 0 Å². The van der Waals surface area contributed by atoms with Gasteiger partial charge in [-0.05, 0) is 11.5 Å². The van der Waals surface area contributed by atoms with Gasteiger partial charge in [0.1, 0.15) is 10.8 Å². The van der Waals surface area contributed by atoms with Crippen LogP contribution < -0.4 is 15.5 Å². The van der Waals surface area contributed by atoms with Gasteiger partial charge in [0.05, 0.1) is 0 Å². The molecular formula is C10H13N5S2. The first-order chi connectivity index (χ1) is 8.33. The number of hydrogen-bond donors (Lipinski definition) is 1. The lowest BCUT2D eigenvalue weighted by molar-refractivity contribution is 0.655. The zero-order valence-electron chi connectivity index (χ0n) is 9.24. The number of nitrogens with zero attached hydrogens (tertiary/aromatic N) is 4. The Hall–Kier alpha value is -1.34. The minimum absolute atomic E-state index is 0.618. The molecule has 0 radical (unpaired) electrons. The molecule has 0 amide bonds. The summed E-state index contributed by atoms with van der Waals surface area (Å²) in [7, 11) is 0. The fourth-order valence-corrected chi connectivity index (χ4v) is 3.34. The van der Waals surface area contributed by atoms with Crippen molar-refractivity contribution in [3.8, 4) is 0 Å². The number of piperazine rings is 1. The van der Waals surface area contributed by atoms with E-state index in [9.17, 15) is 0 Å². The Morgan fingerprint density at radius 3 is 2.53 bits per heavy atom. The maximum absolute atomic E-state index is 5.64. The molecule has 5 nitrogen and oxygen atoms in total. The molecule has 0 saturated carbocycles. The van der Waals surface area contributed by atoms with Crippen LogP contribution in [0.15, 0.2) is 17.6 Å². The first kappa shape index (κ1) is 10.8. The lowest BCUT2D eigenvalue weighted by atomic mass is 10.3. The van der Waals surface area contributed by atoms with Crippen molar-refractivity contribution >= 4 is 38.8 Å². The third kappa shape index (κ3) is 2.20. The van der Waals surface area contributed by atoms with Gasteiger partial charge in [0.25, 0.3) is 0 Å². The normalized spacial score (nSPS) is 16.5. The molecule has 3 heterocycles. The fourth-order valence-electron chi connectivity index (χ4n) is 1.92. The highest BCUT2D eigenvalue weighted by atomic mass is 32.1. The fraction of sp³-hybridized carbons (Fsp3) is 0.400. The molecule has 2 N–H and O–H groups in total. The average Bonchev–Trinajstić information content (AvgIpc) is 3.00. The summed E-state index contributed by atoms with van der Waals surface area (Å²) in [6.07, 6.45) is 1.86. The zero-order chi connectivity index (χ0) is 11.7. The predicted octanol–water partition coefficient (Wildman–Crippen LogP) is 1.51. The van der Waals surface area contributed by atoms with Crippen molar-refractivity contribution in [2.24, 2.45) is 0 Å². The topological polar surface area (TPSA) is 58.3 Å². The van der Waals surface area contributed by atoms with Crippen LogP contribution in [-0.4, -0.2) is 35.5 Å². The van der Waals surface area contributed by atoms with Crippen molar-refractivity contribution in [2.45, 2.75) is 0 Å². The largest absolute Gasteiger partial charge is 0.383 e. The predicted molar refractivity (Wildman–Crippen MR) is 73.1 cm³/mol. The molecule has 0 aromatic carbocycles. The Balaban J connectivity index is 1.64. The summed E-state index contributed by atoms with van der Waals surface area (Å²) in [4.78, 5) is 8.99. The highest BCUT2D eigenvalue weighted by Crippen LogP contribution is 2.26. The van der Waals surface area contributed by atoms with Crippen molar-refractivity contribution in [3.05, 3.63) is 17.6 Å². The number of aromatic nitrogens is 2. The minimum atomic E-state index is 0.618. The molecule has 1 aliphatic rings. The lowest BCUT2D eigenvalue weighted by Gasteiger charge is -2.34. The third-order valence-electron chi connectivity index (χ3n) is 2.80. The van der Waals surface area contributed by atoms with Crippen LogP contribution in [0.3, 0.4) is 0 Å². The van der Waals surface area contributed by atoms with Crippen LogP contribution in [-0.2, 0) is 0 Å². The Morgan fingerprint density at radius 1 is 1.18 bits per heavy atom. The second-order valence-corrected chi connectivity index (χ2v) is 5.54. The van der Waals surface area contributed by atoms with E-state index in [4.69, 9.17) is 5.73 Å². The van der Waals surface area contributed by atoms with Crippen molar-refractivity contribution in [1.29, 1.82) is 0 Å². The van der Waals surface area contributed by atoms with Crippen LogP contribution in [0.5, 0.6) is 0 Å². The first-order valence-corrected chi connectivity index (χ1v) is 7.10. The van der Waals surface area contributed by atoms with Gasteiger partial charge < -0.3 is 15.5 Å². The van der Waals surface area contributed by atoms with Gasteiger partial charge >= 0.3 is 0 Å². The molecule has 3 rings (SSSR count). The standard InChI is InChI=1S/C10H13N5S2/c11-8-7-9(17-13-8)14-2-4-15(5-3-14)10-12-1-6-16-10/h1,6-7H,2-5H2,(H2,11,13). The summed E-state index contributed by atoms with van der Waals surface area (Å²) in [5, 5.41) is 4.31. The Bertz CT molecular complexity index is 473. The maximum atomic E-state index is 5.64. The number of rotatable bonds is 2. The second kappa shape index (κ2) is 4.50. The van der Waals surface area contributed by atoms with E-state index in [0.717, 1.165) is 31.3 Å². The van der Waals surface area contributed by atoms with Crippen LogP contribution >= 0.6 is 22.9 Å². The van der Waals surface area contributed by atoms with Crippen LogP contribution in [0.2, 0.25) is 0 Å². The Kier molecular flexibility index (Phi) is 2.86. The summed E-state index contributed by atoms with van der Waals surface area (Å²) < 4.78 is 4.11. The highest BCUT2D eigenvalue weighted by Gasteiger charge is 2.19. The smallest absolute Gasteiger partial charge is 0.185 e. The van der Waals surface area contributed by atoms with Crippen molar-refractivity contribution in [3.63, 3.8) is 0 Å². The van der Waals surface area contributed by atoms with Crippen LogP contribution in [0.4, 0.5) is 16.0 Å². The first-order valence-electron chi connectivity index (χ1n) is 5.44. The molecule has 2 aromatic rings. The quantitative estimate of drug-likeness (QED) is 0.894. The van der Waals surface area contributed by atoms with Gasteiger partial charge in [0.2, 0.25) is 0 Å². The Labute approximate surface area is 108 Å². The molecule has 0 unspecified atom stereocenters. The molecular weight excluding hydrogens is 254 g/mol. The molecule has 90 valence electrons. The SMILES string of the molecule is Nc1cc(N2CCN(c3nccs3)CC2)sn1. The number of hydrogen-bond acceptors (Lipinski definition) is 7. The molecule has 0 bridgehead atoms. The Morgan fingerprint density at radius 2 is 1.94 bits per heavy atom. The molecule has 1 aliphatic heterocycles. The van der Waals surface area contributed by atoms with E-state index < -0.39 is 0 Å². The van der Waals surface area contributed by atoms with E-state index in [0.29, 0.717) is 5.82 Å². The van der Waals surface area contributed by atoms with E-state index in [1.54, 1.807) is 11.3 Å². The third-order valence-corrected chi connectivity index (χ3v) is 4.49. The number of anilines is 3. The molecule has 1 fully saturated rings. The van der Waals surface area contributed by atoms with E-state index in [-0.39, 0.29) is 0 Å². The number of thiazole rings is 1. The molecule has 0 aliphatic carbocycles. The van der Waals surface area contributed by atoms with Gasteiger partial charge in [0, 0.05) is 43.8 Å². The summed E-state index contributed by atoms with van der Waals surface area (Å²) in [6, 6.07) is 1.95. The van der Waals surface area contributed by atoms with Crippen molar-refractivity contribution in [2.75, 3.05) is 41.7 Å². The summed E-state index contributed by atoms with van der Waals surface area (Å²) in [6.45, 7) is 4.01. The van der Waals surface area contributed by atoms with Gasteiger partial charge in [-0.1, -0.05) is 0 Å². The van der Waals surface area contributed by atoms with Gasteiger partial charge in [-0.25, -0.2) is 4.98 Å². The maximum Gasteiger partial charge on any atom is 0.185 e. The van der Waals surface area contributed by atoms with E-state index >= 15 is 0 Å².